The number of nitrogens with zero attached hydrogens (tertiary/aromatic N) is 4. The largest absolute Gasteiger partial charge is 0.278 e. The van der Waals surface area contributed by atoms with Gasteiger partial charge in [-0.05, 0) is 35.4 Å². The van der Waals surface area contributed by atoms with Crippen LogP contribution in [-0.2, 0) is 0 Å². The molecule has 0 amide bonds. The smallest absolute Gasteiger partial charge is 0.238 e. The SMILES string of the molecule is c1ccc(-c2nc(-c3ccccc3)nc(-n3c4ccccc4c4cc(-c5cccc6c5sc5ccccc56)ccc43)n2)cc1. The number of para-hydroxylation sites is 1. The second kappa shape index (κ2) is 9.97. The fourth-order valence-corrected chi connectivity index (χ4v) is 7.47. The summed E-state index contributed by atoms with van der Waals surface area (Å²) in [5.41, 5.74) is 6.47. The van der Waals surface area contributed by atoms with E-state index in [1.54, 1.807) is 0 Å². The van der Waals surface area contributed by atoms with E-state index in [4.69, 9.17) is 15.0 Å². The number of fused-ring (bicyclic) bond motifs is 6. The quantitative estimate of drug-likeness (QED) is 0.208. The highest BCUT2D eigenvalue weighted by atomic mass is 32.1. The van der Waals surface area contributed by atoms with Crippen LogP contribution in [0.25, 0.3) is 81.8 Å². The van der Waals surface area contributed by atoms with Gasteiger partial charge < -0.3 is 0 Å². The summed E-state index contributed by atoms with van der Waals surface area (Å²) in [5, 5.41) is 4.94. The van der Waals surface area contributed by atoms with Crippen LogP contribution in [0.5, 0.6) is 0 Å². The Labute approximate surface area is 257 Å². The molecule has 9 rings (SSSR count). The van der Waals surface area contributed by atoms with Crippen molar-refractivity contribution in [3.63, 3.8) is 0 Å². The first-order valence-corrected chi connectivity index (χ1v) is 15.4. The van der Waals surface area contributed by atoms with E-state index in [0.717, 1.165) is 27.5 Å². The van der Waals surface area contributed by atoms with E-state index in [-0.39, 0.29) is 0 Å². The lowest BCUT2D eigenvalue weighted by Crippen LogP contribution is -2.06. The maximum Gasteiger partial charge on any atom is 0.238 e. The Bertz CT molecular complexity index is 2440. The summed E-state index contributed by atoms with van der Waals surface area (Å²) in [6, 6.07) is 50.8. The summed E-state index contributed by atoms with van der Waals surface area (Å²) in [4.78, 5) is 15.0. The maximum atomic E-state index is 5.06. The van der Waals surface area contributed by atoms with Crippen LogP contribution in [0.4, 0.5) is 0 Å². The first-order valence-electron chi connectivity index (χ1n) is 14.6. The predicted molar refractivity (Wildman–Crippen MR) is 183 cm³/mol. The molecule has 0 radical (unpaired) electrons. The minimum atomic E-state index is 0.600. The van der Waals surface area contributed by atoms with Gasteiger partial charge in [0.1, 0.15) is 0 Å². The number of hydrogen-bond acceptors (Lipinski definition) is 4. The van der Waals surface area contributed by atoms with Gasteiger partial charge in [0.25, 0.3) is 0 Å². The minimum absolute atomic E-state index is 0.600. The van der Waals surface area contributed by atoms with Crippen molar-refractivity contribution < 1.29 is 0 Å². The molecule has 44 heavy (non-hydrogen) atoms. The van der Waals surface area contributed by atoms with Crippen LogP contribution >= 0.6 is 11.3 Å². The van der Waals surface area contributed by atoms with E-state index < -0.39 is 0 Å². The normalized spacial score (nSPS) is 11.6. The minimum Gasteiger partial charge on any atom is -0.278 e. The van der Waals surface area contributed by atoms with Gasteiger partial charge in [-0.1, -0.05) is 121 Å². The molecule has 0 fully saturated rings. The van der Waals surface area contributed by atoms with Crippen molar-refractivity contribution in [2.45, 2.75) is 0 Å². The zero-order valence-corrected chi connectivity index (χ0v) is 24.4. The van der Waals surface area contributed by atoms with Gasteiger partial charge in [-0.3, -0.25) is 4.57 Å². The molecule has 3 heterocycles. The summed E-state index contributed by atoms with van der Waals surface area (Å²) in [6.45, 7) is 0. The number of benzene rings is 6. The topological polar surface area (TPSA) is 43.6 Å². The molecule has 206 valence electrons. The highest BCUT2D eigenvalue weighted by molar-refractivity contribution is 7.26. The molecule has 0 saturated heterocycles. The molecule has 0 saturated carbocycles. The molecule has 9 aromatic rings. The second-order valence-corrected chi connectivity index (χ2v) is 11.9. The van der Waals surface area contributed by atoms with E-state index >= 15 is 0 Å². The second-order valence-electron chi connectivity index (χ2n) is 10.9. The number of rotatable bonds is 4. The molecule has 3 aromatic heterocycles. The van der Waals surface area contributed by atoms with Crippen LogP contribution in [0, 0.1) is 0 Å². The Morgan fingerprint density at radius 1 is 0.432 bits per heavy atom. The van der Waals surface area contributed by atoms with Gasteiger partial charge in [-0.15, -0.1) is 11.3 Å². The van der Waals surface area contributed by atoms with E-state index in [0.29, 0.717) is 17.6 Å². The molecule has 0 aliphatic heterocycles. The van der Waals surface area contributed by atoms with E-state index in [1.807, 2.05) is 72.0 Å². The molecular formula is C39H24N4S. The summed E-state index contributed by atoms with van der Waals surface area (Å²) in [5.74, 6) is 1.89. The van der Waals surface area contributed by atoms with Crippen molar-refractivity contribution in [3.05, 3.63) is 146 Å². The van der Waals surface area contributed by atoms with Crippen molar-refractivity contribution in [3.8, 4) is 39.9 Å². The molecule has 0 N–H and O–H groups in total. The van der Waals surface area contributed by atoms with Crippen molar-refractivity contribution in [2.24, 2.45) is 0 Å². The van der Waals surface area contributed by atoms with Crippen LogP contribution in [0.3, 0.4) is 0 Å². The van der Waals surface area contributed by atoms with Crippen molar-refractivity contribution >= 4 is 53.3 Å². The zero-order valence-electron chi connectivity index (χ0n) is 23.6. The highest BCUT2D eigenvalue weighted by Crippen LogP contribution is 2.41. The third-order valence-electron chi connectivity index (χ3n) is 8.28. The predicted octanol–water partition coefficient (Wildman–Crippen LogP) is 10.3. The summed E-state index contributed by atoms with van der Waals surface area (Å²) in [6.07, 6.45) is 0. The lowest BCUT2D eigenvalue weighted by molar-refractivity contribution is 0.953. The van der Waals surface area contributed by atoms with E-state index in [1.165, 1.54) is 36.7 Å². The van der Waals surface area contributed by atoms with Crippen molar-refractivity contribution in [2.75, 3.05) is 0 Å². The van der Waals surface area contributed by atoms with Crippen LogP contribution < -0.4 is 0 Å². The van der Waals surface area contributed by atoms with Gasteiger partial charge in [-0.25, -0.2) is 4.98 Å². The molecule has 4 nitrogen and oxygen atoms in total. The summed E-state index contributed by atoms with van der Waals surface area (Å²) in [7, 11) is 0. The van der Waals surface area contributed by atoms with E-state index in [9.17, 15) is 0 Å². The Balaban J connectivity index is 1.30. The zero-order chi connectivity index (χ0) is 29.0. The molecule has 0 spiro atoms. The lowest BCUT2D eigenvalue weighted by atomic mass is 10.0. The Kier molecular flexibility index (Phi) is 5.64. The molecule has 0 aliphatic carbocycles. The average Bonchev–Trinajstić information content (AvgIpc) is 3.64. The van der Waals surface area contributed by atoms with Crippen molar-refractivity contribution in [1.29, 1.82) is 0 Å². The van der Waals surface area contributed by atoms with Crippen molar-refractivity contribution in [1.82, 2.24) is 19.5 Å². The monoisotopic (exact) mass is 580 g/mol. The number of hydrogen-bond donors (Lipinski definition) is 0. The first-order chi connectivity index (χ1) is 21.8. The van der Waals surface area contributed by atoms with E-state index in [2.05, 4.69) is 89.5 Å². The third-order valence-corrected chi connectivity index (χ3v) is 9.50. The lowest BCUT2D eigenvalue weighted by Gasteiger charge is -2.11. The highest BCUT2D eigenvalue weighted by Gasteiger charge is 2.19. The fourth-order valence-electron chi connectivity index (χ4n) is 6.23. The fraction of sp³-hybridized carbons (Fsp3) is 0. The van der Waals surface area contributed by atoms with Crippen LogP contribution in [0.15, 0.2) is 146 Å². The van der Waals surface area contributed by atoms with Gasteiger partial charge in [0.2, 0.25) is 5.95 Å². The van der Waals surface area contributed by atoms with Crippen LogP contribution in [0.1, 0.15) is 0 Å². The molecule has 0 atom stereocenters. The summed E-state index contributed by atoms with van der Waals surface area (Å²) < 4.78 is 4.80. The number of aromatic nitrogens is 4. The number of thiophene rings is 1. The summed E-state index contributed by atoms with van der Waals surface area (Å²) >= 11 is 1.86. The Morgan fingerprint density at radius 3 is 1.80 bits per heavy atom. The Hall–Kier alpha value is -5.65. The molecule has 6 aromatic carbocycles. The standard InChI is InChI=1S/C39H24N4S/c1-3-12-25(13-4-1)37-40-38(26-14-5-2-6-15-26)42-39(41-37)43-33-20-9-7-16-29(33)32-24-27(22-23-34(32)43)28-18-11-19-31-30-17-8-10-21-35(30)44-36(28)31/h1-24H. The first kappa shape index (κ1) is 24.9. The molecule has 0 unspecified atom stereocenters. The van der Waals surface area contributed by atoms with Gasteiger partial charge in [0.05, 0.1) is 11.0 Å². The van der Waals surface area contributed by atoms with Gasteiger partial charge in [0.15, 0.2) is 11.6 Å². The molecular weight excluding hydrogens is 557 g/mol. The average molecular weight is 581 g/mol. The van der Waals surface area contributed by atoms with Gasteiger partial charge >= 0.3 is 0 Å². The van der Waals surface area contributed by atoms with Crippen LogP contribution in [0.2, 0.25) is 0 Å². The maximum absolute atomic E-state index is 5.06. The Morgan fingerprint density at radius 2 is 1.05 bits per heavy atom. The van der Waals surface area contributed by atoms with Gasteiger partial charge in [0, 0.05) is 42.1 Å². The van der Waals surface area contributed by atoms with Crippen LogP contribution in [-0.4, -0.2) is 19.5 Å². The molecule has 0 bridgehead atoms. The third kappa shape index (κ3) is 3.94. The molecule has 5 heteroatoms. The van der Waals surface area contributed by atoms with Gasteiger partial charge in [-0.2, -0.15) is 9.97 Å². The molecule has 0 aliphatic rings.